The van der Waals surface area contributed by atoms with Gasteiger partial charge in [-0.15, -0.1) is 0 Å². The molecule has 21 heavy (non-hydrogen) atoms. The number of nitrogens with one attached hydrogen (secondary N) is 2. The third kappa shape index (κ3) is 3.89. The smallest absolute Gasteiger partial charge is 0.240 e. The van der Waals surface area contributed by atoms with Crippen molar-refractivity contribution >= 4 is 40.7 Å². The molecular weight excluding hydrogens is 311 g/mol. The lowest BCUT2D eigenvalue weighted by Crippen LogP contribution is -2.41. The number of halogens is 2. The van der Waals surface area contributed by atoms with Crippen LogP contribution in [0.3, 0.4) is 0 Å². The molecule has 1 fully saturated rings. The van der Waals surface area contributed by atoms with E-state index in [-0.39, 0.29) is 11.8 Å². The molecule has 0 bridgehead atoms. The van der Waals surface area contributed by atoms with E-state index >= 15 is 0 Å². The van der Waals surface area contributed by atoms with Crippen molar-refractivity contribution < 1.29 is 9.59 Å². The van der Waals surface area contributed by atoms with Gasteiger partial charge in [0.2, 0.25) is 11.8 Å². The van der Waals surface area contributed by atoms with Crippen molar-refractivity contribution in [2.24, 2.45) is 11.3 Å². The third-order valence-corrected chi connectivity index (χ3v) is 3.85. The van der Waals surface area contributed by atoms with Crippen LogP contribution in [-0.2, 0) is 9.59 Å². The van der Waals surface area contributed by atoms with Gasteiger partial charge in [0.15, 0.2) is 0 Å². The number of anilines is 1. The minimum absolute atomic E-state index is 0.207. The summed E-state index contributed by atoms with van der Waals surface area (Å²) >= 11 is 11.8. The van der Waals surface area contributed by atoms with Crippen LogP contribution >= 0.6 is 23.2 Å². The van der Waals surface area contributed by atoms with Crippen LogP contribution in [0.25, 0.3) is 0 Å². The molecule has 0 unspecified atom stereocenters. The Morgan fingerprint density at radius 3 is 2.19 bits per heavy atom. The van der Waals surface area contributed by atoms with Crippen molar-refractivity contribution in [1.82, 2.24) is 5.32 Å². The van der Waals surface area contributed by atoms with Crippen molar-refractivity contribution in [2.75, 3.05) is 11.9 Å². The Kier molecular flexibility index (Phi) is 4.79. The highest BCUT2D eigenvalue weighted by Gasteiger charge is 2.56. The number of carbonyl (C=O) groups excluding carboxylic acids is 2. The molecule has 4 nitrogen and oxygen atoms in total. The first-order valence-electron chi connectivity index (χ1n) is 6.89. The van der Waals surface area contributed by atoms with Gasteiger partial charge in [0.25, 0.3) is 0 Å². The minimum Gasteiger partial charge on any atom is -0.355 e. The fraction of sp³-hybridized carbons (Fsp3) is 0.467. The van der Waals surface area contributed by atoms with Gasteiger partial charge in [-0.2, -0.15) is 0 Å². The fourth-order valence-electron chi connectivity index (χ4n) is 2.02. The van der Waals surface area contributed by atoms with Crippen LogP contribution in [0.4, 0.5) is 5.69 Å². The van der Waals surface area contributed by atoms with Crippen molar-refractivity contribution in [2.45, 2.75) is 26.7 Å². The van der Waals surface area contributed by atoms with Gasteiger partial charge in [0, 0.05) is 22.3 Å². The topological polar surface area (TPSA) is 58.2 Å². The van der Waals surface area contributed by atoms with E-state index in [0.717, 1.165) is 0 Å². The van der Waals surface area contributed by atoms with Gasteiger partial charge in [0.05, 0.1) is 0 Å². The molecule has 1 aromatic carbocycles. The van der Waals surface area contributed by atoms with Gasteiger partial charge >= 0.3 is 0 Å². The number of hydrogen-bond donors (Lipinski definition) is 2. The first-order chi connectivity index (χ1) is 9.83. The molecule has 0 aliphatic heterocycles. The van der Waals surface area contributed by atoms with Crippen LogP contribution in [0, 0.1) is 11.3 Å². The van der Waals surface area contributed by atoms with Gasteiger partial charge in [0.1, 0.15) is 5.41 Å². The first kappa shape index (κ1) is 16.1. The lowest BCUT2D eigenvalue weighted by Gasteiger charge is -2.16. The summed E-state index contributed by atoms with van der Waals surface area (Å²) in [7, 11) is 0. The monoisotopic (exact) mass is 328 g/mol. The van der Waals surface area contributed by atoms with Crippen molar-refractivity contribution in [3.8, 4) is 0 Å². The molecule has 2 rings (SSSR count). The Bertz CT molecular complexity index is 549. The predicted octanol–water partition coefficient (Wildman–Crippen LogP) is 3.48. The number of hydrogen-bond acceptors (Lipinski definition) is 2. The van der Waals surface area contributed by atoms with Gasteiger partial charge in [-0.1, -0.05) is 37.0 Å². The summed E-state index contributed by atoms with van der Waals surface area (Å²) in [5.41, 5.74) is -0.440. The first-order valence-corrected chi connectivity index (χ1v) is 7.65. The maximum atomic E-state index is 12.3. The Morgan fingerprint density at radius 1 is 1.14 bits per heavy atom. The Labute approximate surface area is 134 Å². The summed E-state index contributed by atoms with van der Waals surface area (Å²) in [5, 5.41) is 6.42. The van der Waals surface area contributed by atoms with Crippen LogP contribution in [-0.4, -0.2) is 18.4 Å². The van der Waals surface area contributed by atoms with E-state index in [4.69, 9.17) is 23.2 Å². The molecule has 1 aliphatic rings. The number of rotatable bonds is 5. The molecule has 0 heterocycles. The molecular formula is C15H18Cl2N2O2. The summed E-state index contributed by atoms with van der Waals surface area (Å²) in [6.07, 6.45) is 1.13. The number of amides is 2. The second kappa shape index (κ2) is 6.24. The van der Waals surface area contributed by atoms with Crippen molar-refractivity contribution in [3.63, 3.8) is 0 Å². The molecule has 0 atom stereocenters. The quantitative estimate of drug-likeness (QED) is 0.813. The standard InChI is InChI=1S/C15H18Cl2N2O2/c1-9(2)8-18-13(20)15(3-4-15)14(21)19-12-6-10(16)5-11(17)7-12/h5-7,9H,3-4,8H2,1-2H3,(H,18,20)(H,19,21). The van der Waals surface area contributed by atoms with E-state index < -0.39 is 5.41 Å². The molecule has 1 saturated carbocycles. The zero-order valence-corrected chi connectivity index (χ0v) is 13.5. The van der Waals surface area contributed by atoms with Crippen LogP contribution < -0.4 is 10.6 Å². The molecule has 0 spiro atoms. The van der Waals surface area contributed by atoms with E-state index in [1.165, 1.54) is 0 Å². The van der Waals surface area contributed by atoms with E-state index in [0.29, 0.717) is 41.0 Å². The summed E-state index contributed by atoms with van der Waals surface area (Å²) < 4.78 is 0. The molecule has 114 valence electrons. The summed E-state index contributed by atoms with van der Waals surface area (Å²) in [4.78, 5) is 24.5. The lowest BCUT2D eigenvalue weighted by atomic mass is 10.0. The number of carbonyl (C=O) groups is 2. The lowest BCUT2D eigenvalue weighted by molar-refractivity contribution is -0.134. The highest BCUT2D eigenvalue weighted by molar-refractivity contribution is 6.35. The molecule has 1 aliphatic carbocycles. The van der Waals surface area contributed by atoms with E-state index in [9.17, 15) is 9.59 Å². The van der Waals surface area contributed by atoms with Crippen LogP contribution in [0.1, 0.15) is 26.7 Å². The third-order valence-electron chi connectivity index (χ3n) is 3.41. The van der Waals surface area contributed by atoms with Gasteiger partial charge in [-0.25, -0.2) is 0 Å². The summed E-state index contributed by atoms with van der Waals surface area (Å²) in [5.74, 6) is -0.163. The van der Waals surface area contributed by atoms with E-state index in [2.05, 4.69) is 10.6 Å². The highest BCUT2D eigenvalue weighted by Crippen LogP contribution is 2.47. The van der Waals surface area contributed by atoms with Crippen LogP contribution in [0.15, 0.2) is 18.2 Å². The van der Waals surface area contributed by atoms with Crippen LogP contribution in [0.5, 0.6) is 0 Å². The molecule has 0 aromatic heterocycles. The van der Waals surface area contributed by atoms with E-state index in [1.807, 2.05) is 13.8 Å². The normalized spacial score (nSPS) is 15.7. The van der Waals surface area contributed by atoms with Crippen LogP contribution in [0.2, 0.25) is 10.0 Å². The van der Waals surface area contributed by atoms with Gasteiger partial charge < -0.3 is 10.6 Å². The molecule has 2 N–H and O–H groups in total. The average Bonchev–Trinajstić information content (AvgIpc) is 3.15. The molecule has 6 heteroatoms. The largest absolute Gasteiger partial charge is 0.355 e. The summed E-state index contributed by atoms with van der Waals surface area (Å²) in [6, 6.07) is 4.79. The predicted molar refractivity (Wildman–Crippen MR) is 84.6 cm³/mol. The average molecular weight is 329 g/mol. The fourth-order valence-corrected chi connectivity index (χ4v) is 2.55. The molecule has 0 radical (unpaired) electrons. The maximum Gasteiger partial charge on any atom is 0.240 e. The Balaban J connectivity index is 2.04. The molecule has 2 amide bonds. The van der Waals surface area contributed by atoms with Crippen molar-refractivity contribution in [1.29, 1.82) is 0 Å². The zero-order valence-electron chi connectivity index (χ0n) is 12.0. The number of benzene rings is 1. The second-order valence-corrected chi connectivity index (χ2v) is 6.67. The minimum atomic E-state index is -0.941. The maximum absolute atomic E-state index is 12.3. The van der Waals surface area contributed by atoms with Crippen molar-refractivity contribution in [3.05, 3.63) is 28.2 Å². The highest BCUT2D eigenvalue weighted by atomic mass is 35.5. The Hall–Kier alpha value is -1.26. The van der Waals surface area contributed by atoms with E-state index in [1.54, 1.807) is 18.2 Å². The molecule has 0 saturated heterocycles. The SMILES string of the molecule is CC(C)CNC(=O)C1(C(=O)Nc2cc(Cl)cc(Cl)c2)CC1. The Morgan fingerprint density at radius 2 is 1.71 bits per heavy atom. The van der Waals surface area contributed by atoms with Gasteiger partial charge in [-0.05, 0) is 37.0 Å². The molecule has 1 aromatic rings. The zero-order chi connectivity index (χ0) is 15.6. The summed E-state index contributed by atoms with van der Waals surface area (Å²) in [6.45, 7) is 4.58. The second-order valence-electron chi connectivity index (χ2n) is 5.80. The van der Waals surface area contributed by atoms with Gasteiger partial charge in [-0.3, -0.25) is 9.59 Å².